The minimum absolute atomic E-state index is 0.269. The molecule has 0 unspecified atom stereocenters. The molecule has 1 heterocycles. The molecule has 0 saturated heterocycles. The molecule has 2 aromatic rings. The van der Waals surface area contributed by atoms with E-state index in [1.54, 1.807) is 0 Å². The van der Waals surface area contributed by atoms with E-state index in [9.17, 15) is 9.18 Å². The van der Waals surface area contributed by atoms with E-state index in [1.807, 2.05) is 6.07 Å². The first-order valence-electron chi connectivity index (χ1n) is 6.34. The Morgan fingerprint density at radius 2 is 2.15 bits per heavy atom. The number of carbonyl (C=O) groups excluding carboxylic acids is 1. The largest absolute Gasteiger partial charge is 0.338 e. The average molecular weight is 291 g/mol. The van der Waals surface area contributed by atoms with Gasteiger partial charge in [0.15, 0.2) is 6.29 Å². The second kappa shape index (κ2) is 5.21. The summed E-state index contributed by atoms with van der Waals surface area (Å²) in [5.41, 5.74) is 1.84. The highest BCUT2D eigenvalue weighted by Crippen LogP contribution is 2.42. The van der Waals surface area contributed by atoms with Gasteiger partial charge in [0, 0.05) is 16.8 Å². The molecule has 3 nitrogen and oxygen atoms in total. The Hall–Kier alpha value is -1.94. The zero-order chi connectivity index (χ0) is 14.1. The SMILES string of the molecule is O=Cc1cnc(Nc2cc(Cl)ccc2F)cc1C1CC1. The number of rotatable bonds is 4. The third-order valence-electron chi connectivity index (χ3n) is 3.30. The van der Waals surface area contributed by atoms with Crippen molar-refractivity contribution in [2.75, 3.05) is 5.32 Å². The minimum Gasteiger partial charge on any atom is -0.338 e. The van der Waals surface area contributed by atoms with Crippen LogP contribution in [0.4, 0.5) is 15.9 Å². The van der Waals surface area contributed by atoms with E-state index in [0.29, 0.717) is 22.3 Å². The number of anilines is 2. The van der Waals surface area contributed by atoms with Crippen molar-refractivity contribution in [2.24, 2.45) is 0 Å². The Balaban J connectivity index is 1.92. The molecule has 5 heteroatoms. The van der Waals surface area contributed by atoms with Crippen LogP contribution in [0.2, 0.25) is 5.02 Å². The maximum atomic E-state index is 13.7. The number of aldehydes is 1. The summed E-state index contributed by atoms with van der Waals surface area (Å²) in [6.07, 6.45) is 4.49. The van der Waals surface area contributed by atoms with Gasteiger partial charge in [0.05, 0.1) is 5.69 Å². The predicted molar refractivity (Wildman–Crippen MR) is 76.3 cm³/mol. The Morgan fingerprint density at radius 3 is 2.85 bits per heavy atom. The molecule has 3 rings (SSSR count). The van der Waals surface area contributed by atoms with Gasteiger partial charge < -0.3 is 5.32 Å². The fraction of sp³-hybridized carbons (Fsp3) is 0.200. The van der Waals surface area contributed by atoms with E-state index in [4.69, 9.17) is 11.6 Å². The second-order valence-electron chi connectivity index (χ2n) is 4.84. The lowest BCUT2D eigenvalue weighted by molar-refractivity contribution is 0.112. The first kappa shape index (κ1) is 13.1. The molecule has 0 bridgehead atoms. The summed E-state index contributed by atoms with van der Waals surface area (Å²) in [6, 6.07) is 6.09. The van der Waals surface area contributed by atoms with Crippen molar-refractivity contribution >= 4 is 29.4 Å². The quantitative estimate of drug-likeness (QED) is 0.853. The number of nitrogens with zero attached hydrogens (tertiary/aromatic N) is 1. The van der Waals surface area contributed by atoms with Gasteiger partial charge in [0.25, 0.3) is 0 Å². The van der Waals surface area contributed by atoms with Gasteiger partial charge in [0.1, 0.15) is 11.6 Å². The number of carbonyl (C=O) groups is 1. The molecule has 1 aromatic heterocycles. The van der Waals surface area contributed by atoms with Crippen LogP contribution >= 0.6 is 11.6 Å². The van der Waals surface area contributed by atoms with Crippen molar-refractivity contribution in [1.82, 2.24) is 4.98 Å². The molecule has 1 aliphatic rings. The molecule has 0 radical (unpaired) electrons. The van der Waals surface area contributed by atoms with Crippen molar-refractivity contribution < 1.29 is 9.18 Å². The summed E-state index contributed by atoms with van der Waals surface area (Å²) < 4.78 is 13.7. The lowest BCUT2D eigenvalue weighted by Crippen LogP contribution is -2.00. The van der Waals surface area contributed by atoms with Crippen molar-refractivity contribution in [3.8, 4) is 0 Å². The summed E-state index contributed by atoms with van der Waals surface area (Å²) in [5, 5.41) is 3.35. The summed E-state index contributed by atoms with van der Waals surface area (Å²) in [4.78, 5) is 15.1. The molecule has 1 aromatic carbocycles. The van der Waals surface area contributed by atoms with Crippen molar-refractivity contribution in [3.63, 3.8) is 0 Å². The minimum atomic E-state index is -0.399. The van der Waals surface area contributed by atoms with Crippen molar-refractivity contribution in [2.45, 2.75) is 18.8 Å². The van der Waals surface area contributed by atoms with Crippen LogP contribution in [0.25, 0.3) is 0 Å². The van der Waals surface area contributed by atoms with E-state index in [1.165, 1.54) is 24.4 Å². The highest BCUT2D eigenvalue weighted by Gasteiger charge is 2.26. The number of benzene rings is 1. The van der Waals surface area contributed by atoms with Crippen LogP contribution in [0.3, 0.4) is 0 Å². The number of hydrogen-bond donors (Lipinski definition) is 1. The lowest BCUT2D eigenvalue weighted by Gasteiger charge is -2.10. The van der Waals surface area contributed by atoms with Gasteiger partial charge in [-0.3, -0.25) is 4.79 Å². The summed E-state index contributed by atoms with van der Waals surface area (Å²) in [7, 11) is 0. The zero-order valence-corrected chi connectivity index (χ0v) is 11.3. The normalized spacial score (nSPS) is 14.1. The van der Waals surface area contributed by atoms with Crippen LogP contribution in [0.1, 0.15) is 34.7 Å². The molecule has 0 spiro atoms. The van der Waals surface area contributed by atoms with E-state index < -0.39 is 5.82 Å². The number of halogens is 2. The van der Waals surface area contributed by atoms with Gasteiger partial charge in [-0.15, -0.1) is 0 Å². The van der Waals surface area contributed by atoms with E-state index in [-0.39, 0.29) is 5.69 Å². The number of nitrogens with one attached hydrogen (secondary N) is 1. The molecule has 102 valence electrons. The molecule has 1 N–H and O–H groups in total. The third kappa shape index (κ3) is 2.65. The number of hydrogen-bond acceptors (Lipinski definition) is 3. The van der Waals surface area contributed by atoms with Gasteiger partial charge in [-0.2, -0.15) is 0 Å². The third-order valence-corrected chi connectivity index (χ3v) is 3.54. The standard InChI is InChI=1S/C15H12ClFN2O/c16-11-3-4-13(17)14(5-11)19-15-6-12(9-1-2-9)10(8-20)7-18-15/h3-9H,1-2H2,(H,18,19). The van der Waals surface area contributed by atoms with Crippen LogP contribution < -0.4 is 5.32 Å². The van der Waals surface area contributed by atoms with Crippen LogP contribution in [-0.2, 0) is 0 Å². The van der Waals surface area contributed by atoms with Gasteiger partial charge in [-0.05, 0) is 48.6 Å². The first-order valence-corrected chi connectivity index (χ1v) is 6.72. The van der Waals surface area contributed by atoms with Crippen LogP contribution in [0.5, 0.6) is 0 Å². The highest BCUT2D eigenvalue weighted by atomic mass is 35.5. The van der Waals surface area contributed by atoms with Crippen molar-refractivity contribution in [1.29, 1.82) is 0 Å². The van der Waals surface area contributed by atoms with Gasteiger partial charge in [-0.1, -0.05) is 11.6 Å². The van der Waals surface area contributed by atoms with Crippen LogP contribution in [0, 0.1) is 5.82 Å². The molecule has 0 atom stereocenters. The Bertz CT molecular complexity index is 671. The second-order valence-corrected chi connectivity index (χ2v) is 5.28. The van der Waals surface area contributed by atoms with E-state index in [2.05, 4.69) is 10.3 Å². The maximum Gasteiger partial charge on any atom is 0.151 e. The summed E-state index contributed by atoms with van der Waals surface area (Å²) in [5.74, 6) is 0.533. The van der Waals surface area contributed by atoms with Gasteiger partial charge >= 0.3 is 0 Å². The maximum absolute atomic E-state index is 13.7. The molecule has 20 heavy (non-hydrogen) atoms. The van der Waals surface area contributed by atoms with Gasteiger partial charge in [0.2, 0.25) is 0 Å². The first-order chi connectivity index (χ1) is 9.67. The molecule has 0 amide bonds. The topological polar surface area (TPSA) is 42.0 Å². The molecule has 1 aliphatic carbocycles. The van der Waals surface area contributed by atoms with E-state index >= 15 is 0 Å². The monoisotopic (exact) mass is 290 g/mol. The van der Waals surface area contributed by atoms with Crippen molar-refractivity contribution in [3.05, 3.63) is 52.4 Å². The van der Waals surface area contributed by atoms with Crippen LogP contribution in [0.15, 0.2) is 30.5 Å². The number of pyridine rings is 1. The molecule has 1 saturated carbocycles. The number of aromatic nitrogens is 1. The van der Waals surface area contributed by atoms with Crippen LogP contribution in [-0.4, -0.2) is 11.3 Å². The zero-order valence-electron chi connectivity index (χ0n) is 10.6. The lowest BCUT2D eigenvalue weighted by atomic mass is 10.1. The Kier molecular flexibility index (Phi) is 3.40. The van der Waals surface area contributed by atoms with E-state index in [0.717, 1.165) is 24.7 Å². The fourth-order valence-electron chi connectivity index (χ4n) is 2.13. The highest BCUT2D eigenvalue weighted by molar-refractivity contribution is 6.30. The predicted octanol–water partition coefficient (Wildman–Crippen LogP) is 4.31. The summed E-state index contributed by atoms with van der Waals surface area (Å²) in [6.45, 7) is 0. The summed E-state index contributed by atoms with van der Waals surface area (Å²) >= 11 is 5.85. The smallest absolute Gasteiger partial charge is 0.151 e. The molecule has 1 fully saturated rings. The van der Waals surface area contributed by atoms with Gasteiger partial charge in [-0.25, -0.2) is 9.37 Å². The Morgan fingerprint density at radius 1 is 1.35 bits per heavy atom. The molecular formula is C15H12ClFN2O. The average Bonchev–Trinajstić information content (AvgIpc) is 3.27. The fourth-order valence-corrected chi connectivity index (χ4v) is 2.30. The molecular weight excluding hydrogens is 279 g/mol. The Labute approximate surface area is 120 Å². The molecule has 0 aliphatic heterocycles.